The molecule has 0 bridgehead atoms. The van der Waals surface area contributed by atoms with E-state index in [2.05, 4.69) is 208 Å². The highest BCUT2D eigenvalue weighted by molar-refractivity contribution is 6.21. The Labute approximate surface area is 322 Å². The van der Waals surface area contributed by atoms with Gasteiger partial charge < -0.3 is 0 Å². The minimum Gasteiger partial charge on any atom is -0.0616 e. The first-order chi connectivity index (χ1) is 27.0. The number of rotatable bonds is 4. The van der Waals surface area contributed by atoms with Crippen molar-refractivity contribution in [3.63, 3.8) is 0 Å². The largest absolute Gasteiger partial charge is 0.0616 e. The van der Waals surface area contributed by atoms with Crippen LogP contribution >= 0.6 is 0 Å². The Bertz CT molecular complexity index is 3120. The molecule has 0 atom stereocenters. The fourth-order valence-corrected chi connectivity index (χ4v) is 9.62. The normalized spacial score (nSPS) is 13.1. The summed E-state index contributed by atoms with van der Waals surface area (Å²) < 4.78 is 0. The SMILES string of the molecule is CC1(C)c2cc3ccccc3cc2-c2cccc(-c3cccc(-c4c5ccccc5c(-c5cccc(-c6ccc7ccccc7c6)c5)c5ccccc45)c3)c21. The summed E-state index contributed by atoms with van der Waals surface area (Å²) in [5, 5.41) is 10.2. The summed E-state index contributed by atoms with van der Waals surface area (Å²) in [5.74, 6) is 0. The number of benzene rings is 10. The minimum atomic E-state index is -0.135. The summed E-state index contributed by atoms with van der Waals surface area (Å²) in [7, 11) is 0. The van der Waals surface area contributed by atoms with Gasteiger partial charge in [-0.05, 0) is 140 Å². The van der Waals surface area contributed by atoms with E-state index in [1.54, 1.807) is 0 Å². The summed E-state index contributed by atoms with van der Waals surface area (Å²) in [5.41, 5.74) is 15.4. The molecule has 0 nitrogen and oxygen atoms in total. The number of hydrogen-bond donors (Lipinski definition) is 0. The van der Waals surface area contributed by atoms with Crippen molar-refractivity contribution in [1.82, 2.24) is 0 Å². The lowest BCUT2D eigenvalue weighted by molar-refractivity contribution is 0.663. The van der Waals surface area contributed by atoms with Gasteiger partial charge in [-0.1, -0.05) is 178 Å². The fourth-order valence-electron chi connectivity index (χ4n) is 9.62. The van der Waals surface area contributed by atoms with Crippen LogP contribution in [-0.2, 0) is 5.41 Å². The van der Waals surface area contributed by atoms with E-state index in [0.717, 1.165) is 0 Å². The lowest BCUT2D eigenvalue weighted by Crippen LogP contribution is -2.16. The highest BCUT2D eigenvalue weighted by Gasteiger charge is 2.37. The maximum Gasteiger partial charge on any atom is 0.0165 e. The van der Waals surface area contributed by atoms with Crippen molar-refractivity contribution in [1.29, 1.82) is 0 Å². The highest BCUT2D eigenvalue weighted by Crippen LogP contribution is 2.53. The zero-order valence-corrected chi connectivity index (χ0v) is 31.0. The summed E-state index contributed by atoms with van der Waals surface area (Å²) in [6.45, 7) is 4.79. The van der Waals surface area contributed by atoms with Gasteiger partial charge in [0, 0.05) is 5.41 Å². The first-order valence-corrected chi connectivity index (χ1v) is 19.3. The highest BCUT2D eigenvalue weighted by atomic mass is 14.4. The van der Waals surface area contributed by atoms with Gasteiger partial charge in [0.1, 0.15) is 0 Å². The van der Waals surface area contributed by atoms with Gasteiger partial charge in [-0.2, -0.15) is 0 Å². The van der Waals surface area contributed by atoms with Gasteiger partial charge in [0.2, 0.25) is 0 Å². The predicted molar refractivity (Wildman–Crippen MR) is 236 cm³/mol. The van der Waals surface area contributed by atoms with Crippen LogP contribution in [0.25, 0.3) is 98.7 Å². The van der Waals surface area contributed by atoms with Crippen LogP contribution in [0.15, 0.2) is 194 Å². The van der Waals surface area contributed by atoms with E-state index in [9.17, 15) is 0 Å². The summed E-state index contributed by atoms with van der Waals surface area (Å²) in [6, 6.07) is 72.2. The van der Waals surface area contributed by atoms with Gasteiger partial charge in [-0.25, -0.2) is 0 Å². The third kappa shape index (κ3) is 4.92. The average Bonchev–Trinajstić information content (AvgIpc) is 3.46. The van der Waals surface area contributed by atoms with Gasteiger partial charge in [0.15, 0.2) is 0 Å². The Hall–Kier alpha value is -6.76. The molecular formula is C55H38. The third-order valence-electron chi connectivity index (χ3n) is 12.2. The van der Waals surface area contributed by atoms with E-state index < -0.39 is 0 Å². The molecule has 0 fully saturated rings. The molecule has 0 amide bonds. The van der Waals surface area contributed by atoms with Gasteiger partial charge in [0.05, 0.1) is 0 Å². The second kappa shape index (κ2) is 12.1. The zero-order valence-electron chi connectivity index (χ0n) is 31.0. The molecule has 10 aromatic rings. The quantitative estimate of drug-likeness (QED) is 0.161. The van der Waals surface area contributed by atoms with E-state index in [1.807, 2.05) is 0 Å². The molecule has 55 heavy (non-hydrogen) atoms. The molecule has 1 aliphatic carbocycles. The molecule has 0 aliphatic heterocycles. The lowest BCUT2D eigenvalue weighted by Gasteiger charge is -2.25. The first-order valence-electron chi connectivity index (χ1n) is 19.3. The van der Waals surface area contributed by atoms with Crippen LogP contribution in [0, 0.1) is 0 Å². The molecule has 0 heteroatoms. The smallest absolute Gasteiger partial charge is 0.0165 e. The lowest BCUT2D eigenvalue weighted by atomic mass is 9.78. The van der Waals surface area contributed by atoms with Gasteiger partial charge >= 0.3 is 0 Å². The van der Waals surface area contributed by atoms with Crippen LogP contribution in [-0.4, -0.2) is 0 Å². The fraction of sp³-hybridized carbons (Fsp3) is 0.0545. The van der Waals surface area contributed by atoms with E-state index in [0.29, 0.717) is 0 Å². The van der Waals surface area contributed by atoms with Gasteiger partial charge in [0.25, 0.3) is 0 Å². The Kier molecular flexibility index (Phi) is 7.00. The average molecular weight is 699 g/mol. The molecule has 0 saturated heterocycles. The van der Waals surface area contributed by atoms with E-state index in [4.69, 9.17) is 0 Å². The first kappa shape index (κ1) is 31.7. The summed E-state index contributed by atoms with van der Waals surface area (Å²) >= 11 is 0. The number of fused-ring (bicyclic) bond motifs is 7. The van der Waals surface area contributed by atoms with Crippen LogP contribution in [0.5, 0.6) is 0 Å². The van der Waals surface area contributed by atoms with Crippen molar-refractivity contribution in [2.75, 3.05) is 0 Å². The Balaban J connectivity index is 1.09. The Morgan fingerprint density at radius 3 is 1.38 bits per heavy atom. The molecule has 0 radical (unpaired) electrons. The predicted octanol–water partition coefficient (Wildman–Crippen LogP) is 15.3. The Morgan fingerprint density at radius 1 is 0.291 bits per heavy atom. The van der Waals surface area contributed by atoms with Crippen molar-refractivity contribution in [2.24, 2.45) is 0 Å². The molecule has 11 rings (SSSR count). The monoisotopic (exact) mass is 698 g/mol. The zero-order chi connectivity index (χ0) is 36.7. The topological polar surface area (TPSA) is 0 Å². The summed E-state index contributed by atoms with van der Waals surface area (Å²) in [4.78, 5) is 0. The van der Waals surface area contributed by atoms with Gasteiger partial charge in [-0.15, -0.1) is 0 Å². The molecule has 0 N–H and O–H groups in total. The van der Waals surface area contributed by atoms with E-state index in [1.165, 1.54) is 110 Å². The van der Waals surface area contributed by atoms with Gasteiger partial charge in [-0.3, -0.25) is 0 Å². The van der Waals surface area contributed by atoms with Crippen LogP contribution in [0.4, 0.5) is 0 Å². The summed E-state index contributed by atoms with van der Waals surface area (Å²) in [6.07, 6.45) is 0. The van der Waals surface area contributed by atoms with Crippen molar-refractivity contribution in [3.8, 4) is 55.6 Å². The second-order valence-electron chi connectivity index (χ2n) is 15.7. The van der Waals surface area contributed by atoms with E-state index >= 15 is 0 Å². The molecule has 258 valence electrons. The van der Waals surface area contributed by atoms with Crippen molar-refractivity contribution in [3.05, 3.63) is 205 Å². The Morgan fingerprint density at radius 2 is 0.745 bits per heavy atom. The van der Waals surface area contributed by atoms with Crippen LogP contribution < -0.4 is 0 Å². The molecule has 10 aromatic carbocycles. The molecule has 1 aliphatic rings. The molecular weight excluding hydrogens is 661 g/mol. The van der Waals surface area contributed by atoms with Crippen molar-refractivity contribution >= 4 is 43.1 Å². The molecule has 0 heterocycles. The minimum absolute atomic E-state index is 0.135. The molecule has 0 saturated carbocycles. The number of hydrogen-bond acceptors (Lipinski definition) is 0. The molecule has 0 aromatic heterocycles. The van der Waals surface area contributed by atoms with Crippen LogP contribution in [0.3, 0.4) is 0 Å². The molecule has 0 spiro atoms. The maximum atomic E-state index is 2.43. The van der Waals surface area contributed by atoms with Crippen LogP contribution in [0.1, 0.15) is 25.0 Å². The third-order valence-corrected chi connectivity index (χ3v) is 12.2. The second-order valence-corrected chi connectivity index (χ2v) is 15.7. The standard InChI is InChI=1S/C55H38/c1-55(2)51-34-39-17-6-5-16-38(39)33-50(51)49-27-13-26-44(54(49)55)41-19-12-21-43(32-41)53-47-24-9-7-22-45(47)52(46-23-8-10-25-48(46)53)42-20-11-18-37(31-42)40-29-28-35-14-3-4-15-36(35)30-40/h3-34H,1-2H3. The molecule has 0 unspecified atom stereocenters. The van der Waals surface area contributed by atoms with Crippen molar-refractivity contribution < 1.29 is 0 Å². The van der Waals surface area contributed by atoms with Crippen LogP contribution in [0.2, 0.25) is 0 Å². The maximum absolute atomic E-state index is 2.43. The van der Waals surface area contributed by atoms with Crippen molar-refractivity contribution in [2.45, 2.75) is 19.3 Å². The van der Waals surface area contributed by atoms with E-state index in [-0.39, 0.29) is 5.41 Å².